The van der Waals surface area contributed by atoms with Gasteiger partial charge in [-0.2, -0.15) is 4.98 Å². The average molecular weight is 306 g/mol. The van der Waals surface area contributed by atoms with Crippen LogP contribution in [0.4, 0.5) is 0 Å². The molecule has 9 heteroatoms. The quantitative estimate of drug-likeness (QED) is 0.682. The third-order valence-electron chi connectivity index (χ3n) is 2.79. The number of hydrogen-bond acceptors (Lipinski definition) is 8. The number of rotatable bonds is 6. The molecular formula is C12H14N6O2S. The summed E-state index contributed by atoms with van der Waals surface area (Å²) in [6.45, 7) is 3.12. The largest absolute Gasteiger partial charge is 0.461 e. The van der Waals surface area contributed by atoms with Crippen molar-refractivity contribution in [1.29, 1.82) is 0 Å². The van der Waals surface area contributed by atoms with Crippen molar-refractivity contribution >= 4 is 11.8 Å². The van der Waals surface area contributed by atoms with Gasteiger partial charge in [-0.05, 0) is 19.1 Å². The van der Waals surface area contributed by atoms with Crippen molar-refractivity contribution in [2.75, 3.05) is 6.54 Å². The number of hydrogen-bond donors (Lipinski definition) is 1. The Kier molecular flexibility index (Phi) is 4.02. The van der Waals surface area contributed by atoms with Crippen LogP contribution in [-0.4, -0.2) is 31.4 Å². The molecule has 0 aliphatic rings. The van der Waals surface area contributed by atoms with Gasteiger partial charge in [0.1, 0.15) is 5.82 Å². The second-order valence-electron chi connectivity index (χ2n) is 4.25. The molecule has 3 heterocycles. The lowest BCUT2D eigenvalue weighted by Gasteiger charge is -2.04. The molecule has 3 aromatic heterocycles. The highest BCUT2D eigenvalue weighted by Crippen LogP contribution is 2.23. The van der Waals surface area contributed by atoms with E-state index in [-0.39, 0.29) is 0 Å². The van der Waals surface area contributed by atoms with Crippen LogP contribution in [0, 0.1) is 6.92 Å². The molecule has 0 saturated heterocycles. The fraction of sp³-hybridized carbons (Fsp3) is 0.333. The van der Waals surface area contributed by atoms with Crippen LogP contribution in [0.25, 0.3) is 11.6 Å². The SMILES string of the molecule is Cc1nnc(SCc2nc(-c3ccco3)no2)n1CCN. The molecular weight excluding hydrogens is 292 g/mol. The van der Waals surface area contributed by atoms with E-state index >= 15 is 0 Å². The lowest BCUT2D eigenvalue weighted by molar-refractivity contribution is 0.390. The van der Waals surface area contributed by atoms with E-state index in [2.05, 4.69) is 20.3 Å². The fourth-order valence-corrected chi connectivity index (χ4v) is 2.65. The molecule has 0 spiro atoms. The molecule has 21 heavy (non-hydrogen) atoms. The molecule has 3 aromatic rings. The standard InChI is InChI=1S/C12H14N6O2S/c1-8-15-16-12(18(8)5-4-13)21-7-10-14-11(17-20-10)9-3-2-6-19-9/h2-3,6H,4-5,7,13H2,1H3. The maximum atomic E-state index is 5.59. The lowest BCUT2D eigenvalue weighted by atomic mass is 10.4. The third-order valence-corrected chi connectivity index (χ3v) is 3.74. The van der Waals surface area contributed by atoms with Crippen LogP contribution in [0.1, 0.15) is 11.7 Å². The maximum Gasteiger partial charge on any atom is 0.238 e. The monoisotopic (exact) mass is 306 g/mol. The number of nitrogens with zero attached hydrogens (tertiary/aromatic N) is 5. The maximum absolute atomic E-state index is 5.59. The lowest BCUT2D eigenvalue weighted by Crippen LogP contribution is -2.12. The van der Waals surface area contributed by atoms with Gasteiger partial charge in [-0.3, -0.25) is 0 Å². The van der Waals surface area contributed by atoms with E-state index < -0.39 is 0 Å². The molecule has 0 amide bonds. The summed E-state index contributed by atoms with van der Waals surface area (Å²) >= 11 is 1.48. The molecule has 0 aromatic carbocycles. The van der Waals surface area contributed by atoms with E-state index in [0.717, 1.165) is 11.0 Å². The minimum atomic E-state index is 0.440. The van der Waals surface area contributed by atoms with Gasteiger partial charge in [0, 0.05) is 13.1 Å². The smallest absolute Gasteiger partial charge is 0.238 e. The summed E-state index contributed by atoms with van der Waals surface area (Å²) in [6.07, 6.45) is 1.57. The summed E-state index contributed by atoms with van der Waals surface area (Å²) < 4.78 is 12.4. The molecule has 0 fully saturated rings. The minimum Gasteiger partial charge on any atom is -0.461 e. The van der Waals surface area contributed by atoms with E-state index in [1.54, 1.807) is 18.4 Å². The highest BCUT2D eigenvalue weighted by Gasteiger charge is 2.14. The second-order valence-corrected chi connectivity index (χ2v) is 5.19. The molecule has 0 radical (unpaired) electrons. The first-order chi connectivity index (χ1) is 10.3. The van der Waals surface area contributed by atoms with Crippen molar-refractivity contribution in [3.05, 3.63) is 30.1 Å². The van der Waals surface area contributed by atoms with E-state index in [0.29, 0.717) is 36.3 Å². The van der Waals surface area contributed by atoms with Gasteiger partial charge >= 0.3 is 0 Å². The van der Waals surface area contributed by atoms with Gasteiger partial charge in [0.2, 0.25) is 11.7 Å². The van der Waals surface area contributed by atoms with E-state index in [1.807, 2.05) is 11.5 Å². The molecule has 0 bridgehead atoms. The van der Waals surface area contributed by atoms with E-state index in [1.165, 1.54) is 11.8 Å². The Morgan fingerprint density at radius 1 is 1.38 bits per heavy atom. The summed E-state index contributed by atoms with van der Waals surface area (Å²) in [7, 11) is 0. The van der Waals surface area contributed by atoms with Crippen LogP contribution >= 0.6 is 11.8 Å². The number of furan rings is 1. The Morgan fingerprint density at radius 2 is 2.29 bits per heavy atom. The van der Waals surface area contributed by atoms with Crippen LogP contribution in [0.3, 0.4) is 0 Å². The predicted octanol–water partition coefficient (Wildman–Crippen LogP) is 1.48. The number of aromatic nitrogens is 5. The molecule has 0 unspecified atom stereocenters. The van der Waals surface area contributed by atoms with Crippen molar-refractivity contribution in [3.8, 4) is 11.6 Å². The first kappa shape index (κ1) is 13.8. The Bertz CT molecular complexity index is 705. The fourth-order valence-electron chi connectivity index (χ4n) is 1.80. The van der Waals surface area contributed by atoms with Crippen molar-refractivity contribution in [2.45, 2.75) is 24.4 Å². The van der Waals surface area contributed by atoms with Gasteiger partial charge in [0.25, 0.3) is 0 Å². The summed E-state index contributed by atoms with van der Waals surface area (Å²) in [4.78, 5) is 4.28. The minimum absolute atomic E-state index is 0.440. The summed E-state index contributed by atoms with van der Waals surface area (Å²) in [5.74, 6) is 2.87. The molecule has 2 N–H and O–H groups in total. The summed E-state index contributed by atoms with van der Waals surface area (Å²) in [6, 6.07) is 3.56. The summed E-state index contributed by atoms with van der Waals surface area (Å²) in [5.41, 5.74) is 5.59. The number of thioether (sulfide) groups is 1. The molecule has 0 aliphatic heterocycles. The molecule has 110 valence electrons. The van der Waals surface area contributed by atoms with Crippen molar-refractivity contribution in [2.24, 2.45) is 5.73 Å². The number of aryl methyl sites for hydroxylation is 1. The Hall–Kier alpha value is -2.13. The van der Waals surface area contributed by atoms with Gasteiger partial charge < -0.3 is 19.2 Å². The Labute approximate surface area is 124 Å². The van der Waals surface area contributed by atoms with Crippen molar-refractivity contribution in [1.82, 2.24) is 24.9 Å². The van der Waals surface area contributed by atoms with Gasteiger partial charge in [-0.15, -0.1) is 10.2 Å². The molecule has 0 atom stereocenters. The van der Waals surface area contributed by atoms with Gasteiger partial charge in [-0.1, -0.05) is 16.9 Å². The molecule has 3 rings (SSSR count). The first-order valence-corrected chi connectivity index (χ1v) is 7.35. The Morgan fingerprint density at radius 3 is 3.05 bits per heavy atom. The highest BCUT2D eigenvalue weighted by molar-refractivity contribution is 7.98. The zero-order valence-corrected chi connectivity index (χ0v) is 12.2. The molecule has 0 saturated carbocycles. The van der Waals surface area contributed by atoms with Gasteiger partial charge in [0.15, 0.2) is 10.9 Å². The second kappa shape index (κ2) is 6.10. The van der Waals surface area contributed by atoms with Crippen LogP contribution in [-0.2, 0) is 12.3 Å². The van der Waals surface area contributed by atoms with Crippen LogP contribution < -0.4 is 5.73 Å². The van der Waals surface area contributed by atoms with Crippen molar-refractivity contribution in [3.63, 3.8) is 0 Å². The normalized spacial score (nSPS) is 11.1. The zero-order valence-electron chi connectivity index (χ0n) is 11.4. The third kappa shape index (κ3) is 2.98. The topological polar surface area (TPSA) is 109 Å². The van der Waals surface area contributed by atoms with E-state index in [9.17, 15) is 0 Å². The first-order valence-electron chi connectivity index (χ1n) is 6.37. The van der Waals surface area contributed by atoms with Crippen LogP contribution in [0.15, 0.2) is 32.5 Å². The van der Waals surface area contributed by atoms with Crippen molar-refractivity contribution < 1.29 is 8.94 Å². The predicted molar refractivity (Wildman–Crippen MR) is 75.4 cm³/mol. The van der Waals surface area contributed by atoms with Gasteiger partial charge in [0.05, 0.1) is 12.0 Å². The number of nitrogens with two attached hydrogens (primary N) is 1. The Balaban J connectivity index is 1.68. The molecule has 8 nitrogen and oxygen atoms in total. The average Bonchev–Trinajstić information content (AvgIpc) is 3.19. The van der Waals surface area contributed by atoms with Crippen LogP contribution in [0.2, 0.25) is 0 Å². The van der Waals surface area contributed by atoms with Crippen LogP contribution in [0.5, 0.6) is 0 Å². The molecule has 0 aliphatic carbocycles. The zero-order chi connectivity index (χ0) is 14.7. The van der Waals surface area contributed by atoms with Gasteiger partial charge in [-0.25, -0.2) is 0 Å². The summed E-state index contributed by atoms with van der Waals surface area (Å²) in [5, 5.41) is 12.8. The van der Waals surface area contributed by atoms with E-state index in [4.69, 9.17) is 14.7 Å². The highest BCUT2D eigenvalue weighted by atomic mass is 32.2.